The number of hydrogen-bond donors (Lipinski definition) is 0. The minimum atomic E-state index is -2.09. The third-order valence-corrected chi connectivity index (χ3v) is 13.7. The summed E-state index contributed by atoms with van der Waals surface area (Å²) in [4.78, 5) is 14.8. The van der Waals surface area contributed by atoms with E-state index in [1.807, 2.05) is 31.3 Å². The van der Waals surface area contributed by atoms with Crippen LogP contribution in [-0.2, 0) is 20.1 Å². The Morgan fingerprint density at radius 2 is 1.40 bits per heavy atom. The van der Waals surface area contributed by atoms with E-state index in [1.165, 1.54) is 38.7 Å². The number of hydrogen-bond acceptors (Lipinski definition) is 4. The van der Waals surface area contributed by atoms with E-state index in [9.17, 15) is 0 Å². The molecule has 7 heteroatoms. The minimum Gasteiger partial charge on any atom is -0.501 e. The van der Waals surface area contributed by atoms with Gasteiger partial charge in [0.2, 0.25) is 0 Å². The molecule has 0 unspecified atom stereocenters. The van der Waals surface area contributed by atoms with Crippen molar-refractivity contribution in [2.45, 2.75) is 99.6 Å². The van der Waals surface area contributed by atoms with Crippen molar-refractivity contribution >= 4 is 46.2 Å². The predicted octanol–water partition coefficient (Wildman–Crippen LogP) is 14.8. The first-order valence-corrected chi connectivity index (χ1v) is 25.3. The number of rotatable bonds is 8. The molecule has 5 nitrogen and oxygen atoms in total. The van der Waals surface area contributed by atoms with Gasteiger partial charge in [-0.3, -0.25) is 9.97 Å². The summed E-state index contributed by atoms with van der Waals surface area (Å²) in [7, 11) is -1.45. The minimum absolute atomic E-state index is 0. The summed E-state index contributed by atoms with van der Waals surface area (Å²) in [5.74, 6) is 1.80. The molecule has 0 aliphatic rings. The van der Waals surface area contributed by atoms with Gasteiger partial charge < -0.3 is 14.0 Å². The summed E-state index contributed by atoms with van der Waals surface area (Å²) in [6.45, 7) is 22.5. The van der Waals surface area contributed by atoms with Crippen LogP contribution in [0.3, 0.4) is 0 Å². The first kappa shape index (κ1) is 41.5. The van der Waals surface area contributed by atoms with Crippen molar-refractivity contribution in [1.29, 1.82) is 0 Å². The van der Waals surface area contributed by atoms with Gasteiger partial charge in [-0.2, -0.15) is 0 Å². The van der Waals surface area contributed by atoms with Crippen molar-refractivity contribution in [3.05, 3.63) is 161 Å². The molecule has 1 radical (unpaired) electrons. The number of aromatic nitrogens is 4. The van der Waals surface area contributed by atoms with Crippen LogP contribution in [0.2, 0.25) is 19.6 Å². The molecule has 63 heavy (non-hydrogen) atoms. The molecule has 0 bridgehead atoms. The Bertz CT molecular complexity index is 3150. The summed E-state index contributed by atoms with van der Waals surface area (Å²) in [6.07, 6.45) is 2.00. The van der Waals surface area contributed by atoms with E-state index in [0.717, 1.165) is 67.0 Å². The molecule has 0 N–H and O–H groups in total. The van der Waals surface area contributed by atoms with Gasteiger partial charge in [-0.05, 0) is 89.0 Å². The van der Waals surface area contributed by atoms with Crippen molar-refractivity contribution in [2.24, 2.45) is 0 Å². The molecular weight excluding hydrogens is 965 g/mol. The molecule has 9 rings (SSSR count). The molecule has 9 aromatic rings. The molecule has 0 spiro atoms. The SMILES string of the molecule is Cc1cc2nc(-c3[c-]ccc4c3oc3ccccc34)n(-c3c(C(C)C)cc(-c4ccccc4)cc3C(C)C)c2c(C)n1.[2H]C([2H])([2H])c1c[c-]c(-c2cc(C(C)C)c([Si](C)(C)C)cn2)cc1.[Ir]. The van der Waals surface area contributed by atoms with Gasteiger partial charge in [0.25, 0.3) is 0 Å². The molecule has 0 saturated heterocycles. The maximum atomic E-state index is 7.44. The van der Waals surface area contributed by atoms with Gasteiger partial charge in [-0.1, -0.05) is 139 Å². The number of benzene rings is 5. The Balaban J connectivity index is 0.000000230. The zero-order valence-electron chi connectivity index (χ0n) is 41.2. The van der Waals surface area contributed by atoms with Crippen LogP contribution in [0, 0.1) is 32.8 Å². The molecule has 0 aliphatic heterocycles. The van der Waals surface area contributed by atoms with Crippen LogP contribution in [0.1, 0.15) is 97.1 Å². The average Bonchev–Trinajstić information content (AvgIpc) is 3.84. The molecule has 4 heterocycles. The number of pyridine rings is 2. The van der Waals surface area contributed by atoms with Crippen molar-refractivity contribution in [2.75, 3.05) is 0 Å². The van der Waals surface area contributed by atoms with Crippen LogP contribution in [0.15, 0.2) is 120 Å². The zero-order valence-corrected chi connectivity index (χ0v) is 41.6. The maximum absolute atomic E-state index is 7.44. The summed E-state index contributed by atoms with van der Waals surface area (Å²) in [5, 5.41) is 3.55. The van der Waals surface area contributed by atoms with Gasteiger partial charge in [-0.15, -0.1) is 53.6 Å². The zero-order chi connectivity index (χ0) is 46.5. The molecular formula is C56H58IrN4OSi-2. The third kappa shape index (κ3) is 9.02. The molecule has 323 valence electrons. The van der Waals surface area contributed by atoms with E-state index in [1.54, 1.807) is 18.2 Å². The van der Waals surface area contributed by atoms with Gasteiger partial charge in [0, 0.05) is 47.2 Å². The summed E-state index contributed by atoms with van der Waals surface area (Å²) in [5.41, 5.74) is 15.9. The van der Waals surface area contributed by atoms with Crippen LogP contribution >= 0.6 is 0 Å². The van der Waals surface area contributed by atoms with Gasteiger partial charge in [-0.25, -0.2) is 0 Å². The Hall–Kier alpha value is -5.46. The molecule has 0 saturated carbocycles. The number of furan rings is 1. The maximum Gasteiger partial charge on any atom is 0.120 e. The van der Waals surface area contributed by atoms with Crippen LogP contribution in [0.5, 0.6) is 0 Å². The van der Waals surface area contributed by atoms with E-state index < -0.39 is 14.9 Å². The van der Waals surface area contributed by atoms with Gasteiger partial charge in [0.1, 0.15) is 5.58 Å². The molecule has 5 aromatic carbocycles. The normalized spacial score (nSPS) is 12.7. The quantitative estimate of drug-likeness (QED) is 0.112. The molecule has 0 atom stereocenters. The van der Waals surface area contributed by atoms with E-state index in [2.05, 4.69) is 163 Å². The largest absolute Gasteiger partial charge is 0.501 e. The van der Waals surface area contributed by atoms with Crippen LogP contribution in [-0.4, -0.2) is 27.6 Å². The monoisotopic (exact) mass is 1030 g/mol. The molecule has 4 aromatic heterocycles. The Kier molecular flexibility index (Phi) is 12.1. The summed E-state index contributed by atoms with van der Waals surface area (Å²) < 4.78 is 31.2. The Morgan fingerprint density at radius 1 is 0.714 bits per heavy atom. The fraction of sp³-hybridized carbons (Fsp3) is 0.268. The van der Waals surface area contributed by atoms with E-state index in [-0.39, 0.29) is 31.9 Å². The van der Waals surface area contributed by atoms with Crippen LogP contribution in [0.25, 0.3) is 72.4 Å². The smallest absolute Gasteiger partial charge is 0.120 e. The van der Waals surface area contributed by atoms with Crippen molar-refractivity contribution in [3.8, 4) is 39.5 Å². The summed E-state index contributed by atoms with van der Waals surface area (Å²) >= 11 is 0. The standard InChI is InChI=1S/C38H34N3O.C18H24NSi.Ir/c1-22(2)31-20-27(26-13-8-7-9-14-26)21-32(23(3)4)36(31)41-35-25(6)39-24(5)19-33(35)40-38(41)30-17-12-16-29-28-15-10-11-18-34(28)42-37(29)30;1-13(2)16-11-17(15-9-7-14(3)8-10-15)19-12-18(16)20(4,5)6;/h7-16,18-23H,1-6H3;7-9,11-13H,1-6H3;/q2*-1;/i;3D3;. The second kappa shape index (κ2) is 18.3. The third-order valence-electron chi connectivity index (χ3n) is 11.7. The molecule has 0 aliphatic carbocycles. The molecule has 0 fully saturated rings. The second-order valence-electron chi connectivity index (χ2n) is 18.4. The number of para-hydroxylation sites is 1. The number of imidazole rings is 1. The van der Waals surface area contributed by atoms with Crippen molar-refractivity contribution in [3.63, 3.8) is 0 Å². The first-order chi connectivity index (χ1) is 30.8. The second-order valence-corrected chi connectivity index (χ2v) is 23.5. The van der Waals surface area contributed by atoms with Crippen LogP contribution in [0.4, 0.5) is 0 Å². The Morgan fingerprint density at radius 3 is 2.03 bits per heavy atom. The topological polar surface area (TPSA) is 56.7 Å². The fourth-order valence-electron chi connectivity index (χ4n) is 8.60. The van der Waals surface area contributed by atoms with Crippen LogP contribution < -0.4 is 5.19 Å². The molecule has 0 amide bonds. The summed E-state index contributed by atoms with van der Waals surface area (Å²) in [6, 6.07) is 43.5. The van der Waals surface area contributed by atoms with E-state index in [0.29, 0.717) is 11.5 Å². The predicted molar refractivity (Wildman–Crippen MR) is 264 cm³/mol. The van der Waals surface area contributed by atoms with Gasteiger partial charge in [0.05, 0.1) is 36.2 Å². The average molecular weight is 1030 g/mol. The van der Waals surface area contributed by atoms with E-state index in [4.69, 9.17) is 18.5 Å². The van der Waals surface area contributed by atoms with Crippen molar-refractivity contribution in [1.82, 2.24) is 19.5 Å². The van der Waals surface area contributed by atoms with Crippen molar-refractivity contribution < 1.29 is 28.6 Å². The van der Waals surface area contributed by atoms with Gasteiger partial charge in [0.15, 0.2) is 0 Å². The number of aryl methyl sites for hydroxylation is 3. The number of nitrogens with zero attached hydrogens (tertiary/aromatic N) is 4. The van der Waals surface area contributed by atoms with Gasteiger partial charge >= 0.3 is 0 Å². The number of fused-ring (bicyclic) bond motifs is 4. The fourth-order valence-corrected chi connectivity index (χ4v) is 10.3. The van der Waals surface area contributed by atoms with E-state index >= 15 is 0 Å². The first-order valence-electron chi connectivity index (χ1n) is 23.3. The Labute approximate surface area is 392 Å².